The Morgan fingerprint density at radius 3 is 2.71 bits per heavy atom. The summed E-state index contributed by atoms with van der Waals surface area (Å²) in [6.45, 7) is 7.07. The number of rotatable bonds is 5. The maximum atomic E-state index is 12.0. The normalized spacial score (nSPS) is 14.5. The van der Waals surface area contributed by atoms with E-state index in [4.69, 9.17) is 4.74 Å². The molecule has 0 saturated heterocycles. The molecule has 1 heterocycles. The molecule has 4 nitrogen and oxygen atoms in total. The van der Waals surface area contributed by atoms with Gasteiger partial charge in [0.15, 0.2) is 5.78 Å². The molecular weight excluding hydrogens is 218 g/mol. The third kappa shape index (κ3) is 3.53. The molecule has 94 valence electrons. The highest BCUT2D eigenvalue weighted by atomic mass is 16.5. The fraction of sp³-hybridized carbons (Fsp3) is 0.538. The zero-order chi connectivity index (χ0) is 13.1. The van der Waals surface area contributed by atoms with Crippen molar-refractivity contribution in [2.75, 3.05) is 0 Å². The molecule has 0 radical (unpaired) electrons. The summed E-state index contributed by atoms with van der Waals surface area (Å²) >= 11 is 0. The SMILES string of the molecule is CCC(C)(O)C(=O)c1cncc(OC(C)C)c1. The summed E-state index contributed by atoms with van der Waals surface area (Å²) in [4.78, 5) is 15.9. The third-order valence-corrected chi connectivity index (χ3v) is 2.52. The first-order valence-electron chi connectivity index (χ1n) is 5.75. The summed E-state index contributed by atoms with van der Waals surface area (Å²) in [5.41, 5.74) is -0.979. The van der Waals surface area contributed by atoms with Crippen molar-refractivity contribution >= 4 is 5.78 Å². The Balaban J connectivity index is 2.96. The van der Waals surface area contributed by atoms with Crippen LogP contribution < -0.4 is 4.74 Å². The van der Waals surface area contributed by atoms with Crippen molar-refractivity contribution in [2.45, 2.75) is 45.8 Å². The van der Waals surface area contributed by atoms with Gasteiger partial charge in [0.2, 0.25) is 0 Å². The van der Waals surface area contributed by atoms with Crippen LogP contribution >= 0.6 is 0 Å². The second-order valence-corrected chi connectivity index (χ2v) is 4.53. The molecule has 1 N–H and O–H groups in total. The van der Waals surface area contributed by atoms with E-state index in [0.29, 0.717) is 17.7 Å². The summed E-state index contributed by atoms with van der Waals surface area (Å²) < 4.78 is 5.45. The zero-order valence-electron chi connectivity index (χ0n) is 10.7. The monoisotopic (exact) mass is 237 g/mol. The molecule has 0 amide bonds. The summed E-state index contributed by atoms with van der Waals surface area (Å²) in [5, 5.41) is 9.90. The molecule has 0 aromatic carbocycles. The van der Waals surface area contributed by atoms with Crippen molar-refractivity contribution in [3.8, 4) is 5.75 Å². The maximum absolute atomic E-state index is 12.0. The average Bonchev–Trinajstić information content (AvgIpc) is 2.27. The van der Waals surface area contributed by atoms with Gasteiger partial charge in [-0.2, -0.15) is 0 Å². The van der Waals surface area contributed by atoms with Gasteiger partial charge in [-0.3, -0.25) is 9.78 Å². The molecule has 0 aliphatic carbocycles. The van der Waals surface area contributed by atoms with Gasteiger partial charge in [0.05, 0.1) is 12.3 Å². The van der Waals surface area contributed by atoms with Gasteiger partial charge in [-0.25, -0.2) is 0 Å². The Labute approximate surface area is 102 Å². The second-order valence-electron chi connectivity index (χ2n) is 4.53. The number of aliphatic hydroxyl groups is 1. The lowest BCUT2D eigenvalue weighted by Crippen LogP contribution is -2.34. The van der Waals surface area contributed by atoms with Gasteiger partial charge in [0, 0.05) is 11.8 Å². The summed E-state index contributed by atoms with van der Waals surface area (Å²) in [5.74, 6) is 0.208. The zero-order valence-corrected chi connectivity index (χ0v) is 10.7. The average molecular weight is 237 g/mol. The standard InChI is InChI=1S/C13H19NO3/c1-5-13(4,16)12(15)10-6-11(8-14-7-10)17-9(2)3/h6-9,16H,5H2,1-4H3. The largest absolute Gasteiger partial charge is 0.489 e. The van der Waals surface area contributed by atoms with E-state index in [0.717, 1.165) is 0 Å². The quantitative estimate of drug-likeness (QED) is 0.798. The number of nitrogens with zero attached hydrogens (tertiary/aromatic N) is 1. The fourth-order valence-corrected chi connectivity index (χ4v) is 1.35. The first kappa shape index (κ1) is 13.6. The predicted octanol–water partition coefficient (Wildman–Crippen LogP) is 2.21. The molecule has 1 rings (SSSR count). The highest BCUT2D eigenvalue weighted by molar-refractivity contribution is 6.01. The van der Waals surface area contributed by atoms with Crippen molar-refractivity contribution < 1.29 is 14.6 Å². The second kappa shape index (κ2) is 5.27. The number of Topliss-reactive ketones (excluding diaryl/α,β-unsaturated/α-hetero) is 1. The van der Waals surface area contributed by atoms with Crippen LogP contribution in [0.5, 0.6) is 5.75 Å². The van der Waals surface area contributed by atoms with E-state index in [-0.39, 0.29) is 11.9 Å². The van der Waals surface area contributed by atoms with Crippen molar-refractivity contribution in [3.05, 3.63) is 24.0 Å². The molecular formula is C13H19NO3. The number of pyridine rings is 1. The minimum atomic E-state index is -1.35. The smallest absolute Gasteiger partial charge is 0.195 e. The molecule has 0 aliphatic rings. The van der Waals surface area contributed by atoms with Crippen LogP contribution in [0.2, 0.25) is 0 Å². The number of aromatic nitrogens is 1. The molecule has 4 heteroatoms. The number of ketones is 1. The lowest BCUT2D eigenvalue weighted by molar-refractivity contribution is 0.0389. The van der Waals surface area contributed by atoms with Gasteiger partial charge in [0.25, 0.3) is 0 Å². The molecule has 0 bridgehead atoms. The van der Waals surface area contributed by atoms with E-state index >= 15 is 0 Å². The number of hydrogen-bond donors (Lipinski definition) is 1. The Hall–Kier alpha value is -1.42. The van der Waals surface area contributed by atoms with Crippen molar-refractivity contribution in [1.29, 1.82) is 0 Å². The Kier molecular flexibility index (Phi) is 4.23. The minimum absolute atomic E-state index is 0.0221. The predicted molar refractivity (Wildman–Crippen MR) is 65.2 cm³/mol. The van der Waals surface area contributed by atoms with Crippen LogP contribution in [0.3, 0.4) is 0 Å². The molecule has 0 aliphatic heterocycles. The van der Waals surface area contributed by atoms with E-state index in [1.54, 1.807) is 19.2 Å². The maximum Gasteiger partial charge on any atom is 0.195 e. The molecule has 1 unspecified atom stereocenters. The Bertz CT molecular complexity index is 399. The fourth-order valence-electron chi connectivity index (χ4n) is 1.35. The lowest BCUT2D eigenvalue weighted by atomic mass is 9.93. The number of hydrogen-bond acceptors (Lipinski definition) is 4. The van der Waals surface area contributed by atoms with Crippen molar-refractivity contribution in [3.63, 3.8) is 0 Å². The van der Waals surface area contributed by atoms with E-state index < -0.39 is 5.60 Å². The van der Waals surface area contributed by atoms with Crippen molar-refractivity contribution in [2.24, 2.45) is 0 Å². The van der Waals surface area contributed by atoms with Gasteiger partial charge in [-0.05, 0) is 33.3 Å². The van der Waals surface area contributed by atoms with Crippen LogP contribution in [0.1, 0.15) is 44.5 Å². The van der Waals surface area contributed by atoms with Crippen LogP contribution in [0.15, 0.2) is 18.5 Å². The van der Waals surface area contributed by atoms with E-state index in [2.05, 4.69) is 4.98 Å². The van der Waals surface area contributed by atoms with Gasteiger partial charge in [-0.1, -0.05) is 6.92 Å². The van der Waals surface area contributed by atoms with Crippen molar-refractivity contribution in [1.82, 2.24) is 4.98 Å². The minimum Gasteiger partial charge on any atom is -0.489 e. The molecule has 0 fully saturated rings. The Morgan fingerprint density at radius 1 is 1.53 bits per heavy atom. The highest BCUT2D eigenvalue weighted by Crippen LogP contribution is 2.20. The van der Waals surface area contributed by atoms with E-state index in [1.165, 1.54) is 13.1 Å². The first-order chi connectivity index (χ1) is 7.86. The number of carbonyl (C=O) groups is 1. The number of carbonyl (C=O) groups excluding carboxylic acids is 1. The first-order valence-corrected chi connectivity index (χ1v) is 5.75. The van der Waals surface area contributed by atoms with Crippen LogP contribution in [0, 0.1) is 0 Å². The number of ether oxygens (including phenoxy) is 1. The summed E-state index contributed by atoms with van der Waals surface area (Å²) in [6.07, 6.45) is 3.38. The third-order valence-electron chi connectivity index (χ3n) is 2.52. The summed E-state index contributed by atoms with van der Waals surface area (Å²) in [7, 11) is 0. The molecule has 1 aromatic rings. The topological polar surface area (TPSA) is 59.4 Å². The van der Waals surface area contributed by atoms with Crippen LogP contribution in [-0.4, -0.2) is 27.6 Å². The van der Waals surface area contributed by atoms with Gasteiger partial charge < -0.3 is 9.84 Å². The molecule has 17 heavy (non-hydrogen) atoms. The lowest BCUT2D eigenvalue weighted by Gasteiger charge is -2.19. The van der Waals surface area contributed by atoms with Gasteiger partial charge in [0.1, 0.15) is 11.4 Å². The van der Waals surface area contributed by atoms with Crippen LogP contribution in [-0.2, 0) is 0 Å². The highest BCUT2D eigenvalue weighted by Gasteiger charge is 2.29. The Morgan fingerprint density at radius 2 is 2.18 bits per heavy atom. The molecule has 0 spiro atoms. The van der Waals surface area contributed by atoms with E-state index in [1.807, 2.05) is 13.8 Å². The summed E-state index contributed by atoms with van der Waals surface area (Å²) in [6, 6.07) is 1.61. The van der Waals surface area contributed by atoms with Gasteiger partial charge >= 0.3 is 0 Å². The molecule has 0 saturated carbocycles. The molecule has 1 atom stereocenters. The molecule has 1 aromatic heterocycles. The van der Waals surface area contributed by atoms with Crippen LogP contribution in [0.4, 0.5) is 0 Å². The van der Waals surface area contributed by atoms with Gasteiger partial charge in [-0.15, -0.1) is 0 Å². The van der Waals surface area contributed by atoms with Crippen LogP contribution in [0.25, 0.3) is 0 Å². The van der Waals surface area contributed by atoms with E-state index in [9.17, 15) is 9.90 Å².